The number of aliphatic hydroxyl groups excluding tert-OH is 1. The first-order valence-corrected chi connectivity index (χ1v) is 8.09. The van der Waals surface area contributed by atoms with Gasteiger partial charge >= 0.3 is 0 Å². The lowest BCUT2D eigenvalue weighted by atomic mass is 9.89. The van der Waals surface area contributed by atoms with Crippen LogP contribution in [-0.4, -0.2) is 41.7 Å². The van der Waals surface area contributed by atoms with Crippen LogP contribution in [0.4, 0.5) is 5.69 Å². The fraction of sp³-hybridized carbons (Fsp3) is 0.588. The summed E-state index contributed by atoms with van der Waals surface area (Å²) in [5.74, 6) is 0.147. The Labute approximate surface area is 126 Å². The summed E-state index contributed by atoms with van der Waals surface area (Å²) in [6, 6.07) is 6.36. The van der Waals surface area contributed by atoms with Crippen molar-refractivity contribution in [2.75, 3.05) is 25.0 Å². The zero-order valence-electron chi connectivity index (χ0n) is 12.5. The van der Waals surface area contributed by atoms with E-state index in [1.54, 1.807) is 0 Å². The van der Waals surface area contributed by atoms with E-state index in [1.165, 1.54) is 12.0 Å². The maximum atomic E-state index is 13.0. The number of hydrogen-bond acceptors (Lipinski definition) is 3. The molecule has 1 aliphatic carbocycles. The Hall–Kier alpha value is -1.55. The zero-order valence-corrected chi connectivity index (χ0v) is 12.5. The molecule has 1 amide bonds. The second-order valence-corrected chi connectivity index (χ2v) is 6.02. The predicted octanol–water partition coefficient (Wildman–Crippen LogP) is 2.42. The van der Waals surface area contributed by atoms with Crippen LogP contribution >= 0.6 is 0 Å². The van der Waals surface area contributed by atoms with Gasteiger partial charge in [0.1, 0.15) is 0 Å². The molecule has 0 unspecified atom stereocenters. The zero-order chi connectivity index (χ0) is 14.7. The molecule has 0 radical (unpaired) electrons. The first-order valence-electron chi connectivity index (χ1n) is 8.09. The fourth-order valence-corrected chi connectivity index (χ4v) is 3.25. The molecule has 1 heterocycles. The molecule has 0 aromatic heterocycles. The van der Waals surface area contributed by atoms with Crippen LogP contribution in [0.2, 0.25) is 0 Å². The van der Waals surface area contributed by atoms with Crippen molar-refractivity contribution in [1.82, 2.24) is 4.90 Å². The normalized spacial score (nSPS) is 17.6. The molecule has 3 rings (SSSR count). The fourth-order valence-electron chi connectivity index (χ4n) is 3.25. The van der Waals surface area contributed by atoms with Gasteiger partial charge in [0.05, 0.1) is 0 Å². The third-order valence-electron chi connectivity index (χ3n) is 4.66. The standard InChI is InChI=1S/C17H24N2O2/c20-12-4-11-19(13-5-1-6-13)17(21)15-7-2-9-16-14(15)8-3-10-18-16/h2,7,9,13,18,20H,1,3-6,8,10-12H2. The largest absolute Gasteiger partial charge is 0.396 e. The summed E-state index contributed by atoms with van der Waals surface area (Å²) in [5, 5.41) is 12.5. The minimum Gasteiger partial charge on any atom is -0.396 e. The lowest BCUT2D eigenvalue weighted by Crippen LogP contribution is -2.45. The van der Waals surface area contributed by atoms with E-state index < -0.39 is 0 Å². The molecule has 4 heteroatoms. The van der Waals surface area contributed by atoms with E-state index >= 15 is 0 Å². The number of carbonyl (C=O) groups excluding carboxylic acids is 1. The Morgan fingerprint density at radius 1 is 1.33 bits per heavy atom. The first-order chi connectivity index (χ1) is 10.3. The molecule has 1 aromatic rings. The molecule has 0 spiro atoms. The maximum Gasteiger partial charge on any atom is 0.254 e. The number of anilines is 1. The third kappa shape index (κ3) is 2.91. The summed E-state index contributed by atoms with van der Waals surface area (Å²) >= 11 is 0. The number of rotatable bonds is 5. The molecule has 4 nitrogen and oxygen atoms in total. The second kappa shape index (κ2) is 6.48. The molecular formula is C17H24N2O2. The predicted molar refractivity (Wildman–Crippen MR) is 83.6 cm³/mol. The van der Waals surface area contributed by atoms with E-state index in [0.29, 0.717) is 19.0 Å². The van der Waals surface area contributed by atoms with Crippen LogP contribution in [0.3, 0.4) is 0 Å². The highest BCUT2D eigenvalue weighted by Crippen LogP contribution is 2.30. The third-order valence-corrected chi connectivity index (χ3v) is 4.66. The van der Waals surface area contributed by atoms with Crippen molar-refractivity contribution in [2.24, 2.45) is 0 Å². The van der Waals surface area contributed by atoms with E-state index in [2.05, 4.69) is 11.4 Å². The van der Waals surface area contributed by atoms with Gasteiger partial charge in [0.2, 0.25) is 0 Å². The molecule has 0 bridgehead atoms. The van der Waals surface area contributed by atoms with Crippen LogP contribution in [-0.2, 0) is 6.42 Å². The molecule has 1 aromatic carbocycles. The molecule has 2 N–H and O–H groups in total. The quantitative estimate of drug-likeness (QED) is 0.875. The molecule has 2 aliphatic rings. The van der Waals surface area contributed by atoms with Crippen molar-refractivity contribution >= 4 is 11.6 Å². The minimum atomic E-state index is 0.144. The van der Waals surface area contributed by atoms with Gasteiger partial charge in [-0.2, -0.15) is 0 Å². The van der Waals surface area contributed by atoms with Gasteiger partial charge in [0.25, 0.3) is 5.91 Å². The molecular weight excluding hydrogens is 264 g/mol. The average Bonchev–Trinajstić information content (AvgIpc) is 2.48. The van der Waals surface area contributed by atoms with Gasteiger partial charge < -0.3 is 15.3 Å². The van der Waals surface area contributed by atoms with E-state index in [9.17, 15) is 4.79 Å². The van der Waals surface area contributed by atoms with Crippen LogP contribution < -0.4 is 5.32 Å². The Kier molecular flexibility index (Phi) is 4.44. The number of amides is 1. The number of nitrogens with zero attached hydrogens (tertiary/aromatic N) is 1. The molecule has 1 fully saturated rings. The van der Waals surface area contributed by atoms with Gasteiger partial charge in [-0.3, -0.25) is 4.79 Å². The van der Waals surface area contributed by atoms with Crippen LogP contribution in [0, 0.1) is 0 Å². The van der Waals surface area contributed by atoms with E-state index in [1.807, 2.05) is 17.0 Å². The van der Waals surface area contributed by atoms with Crippen LogP contribution in [0.5, 0.6) is 0 Å². The molecule has 21 heavy (non-hydrogen) atoms. The number of carbonyl (C=O) groups is 1. The number of fused-ring (bicyclic) bond motifs is 1. The topological polar surface area (TPSA) is 52.6 Å². The van der Waals surface area contributed by atoms with Crippen molar-refractivity contribution in [2.45, 2.75) is 44.6 Å². The van der Waals surface area contributed by atoms with Crippen molar-refractivity contribution < 1.29 is 9.90 Å². The summed E-state index contributed by atoms with van der Waals surface area (Å²) in [7, 11) is 0. The number of hydrogen-bond donors (Lipinski definition) is 2. The number of benzene rings is 1. The lowest BCUT2D eigenvalue weighted by molar-refractivity contribution is 0.0561. The smallest absolute Gasteiger partial charge is 0.254 e. The van der Waals surface area contributed by atoms with E-state index in [0.717, 1.165) is 43.5 Å². The summed E-state index contributed by atoms with van der Waals surface area (Å²) < 4.78 is 0. The SMILES string of the molecule is O=C(c1cccc2c1CCCN2)N(CCCO)C1CCC1. The Balaban J connectivity index is 1.85. The van der Waals surface area contributed by atoms with Gasteiger partial charge in [-0.15, -0.1) is 0 Å². The minimum absolute atomic E-state index is 0.144. The highest BCUT2D eigenvalue weighted by molar-refractivity contribution is 5.97. The van der Waals surface area contributed by atoms with Crippen molar-refractivity contribution in [3.8, 4) is 0 Å². The van der Waals surface area contributed by atoms with E-state index in [-0.39, 0.29) is 12.5 Å². The van der Waals surface area contributed by atoms with Gasteiger partial charge in [-0.1, -0.05) is 6.07 Å². The summed E-state index contributed by atoms with van der Waals surface area (Å²) in [5.41, 5.74) is 3.13. The van der Waals surface area contributed by atoms with Crippen LogP contribution in [0.15, 0.2) is 18.2 Å². The van der Waals surface area contributed by atoms with Crippen LogP contribution in [0.25, 0.3) is 0 Å². The Bertz CT molecular complexity index is 512. The summed E-state index contributed by atoms with van der Waals surface area (Å²) in [6.07, 6.45) is 6.13. The van der Waals surface area contributed by atoms with Gasteiger partial charge in [-0.25, -0.2) is 0 Å². The monoisotopic (exact) mass is 288 g/mol. The number of nitrogens with one attached hydrogen (secondary N) is 1. The lowest BCUT2D eigenvalue weighted by Gasteiger charge is -2.38. The Morgan fingerprint density at radius 2 is 2.19 bits per heavy atom. The maximum absolute atomic E-state index is 13.0. The molecule has 114 valence electrons. The Morgan fingerprint density at radius 3 is 2.90 bits per heavy atom. The van der Waals surface area contributed by atoms with Crippen molar-refractivity contribution in [3.05, 3.63) is 29.3 Å². The van der Waals surface area contributed by atoms with Crippen molar-refractivity contribution in [3.63, 3.8) is 0 Å². The molecule has 0 saturated heterocycles. The number of aliphatic hydroxyl groups is 1. The summed E-state index contributed by atoms with van der Waals surface area (Å²) in [4.78, 5) is 15.0. The van der Waals surface area contributed by atoms with Gasteiger partial charge in [0.15, 0.2) is 0 Å². The van der Waals surface area contributed by atoms with Crippen LogP contribution in [0.1, 0.15) is 48.0 Å². The molecule has 1 aliphatic heterocycles. The average molecular weight is 288 g/mol. The van der Waals surface area contributed by atoms with Crippen molar-refractivity contribution in [1.29, 1.82) is 0 Å². The summed E-state index contributed by atoms with van der Waals surface area (Å²) in [6.45, 7) is 1.80. The van der Waals surface area contributed by atoms with Gasteiger partial charge in [-0.05, 0) is 56.2 Å². The highest BCUT2D eigenvalue weighted by Gasteiger charge is 2.30. The first kappa shape index (κ1) is 14.4. The molecule has 1 saturated carbocycles. The van der Waals surface area contributed by atoms with E-state index in [4.69, 9.17) is 5.11 Å². The van der Waals surface area contributed by atoms with Gasteiger partial charge in [0, 0.05) is 37.0 Å². The molecule has 0 atom stereocenters. The second-order valence-electron chi connectivity index (χ2n) is 6.02. The highest BCUT2D eigenvalue weighted by atomic mass is 16.3.